The van der Waals surface area contributed by atoms with Gasteiger partial charge in [0.25, 0.3) is 5.91 Å². The van der Waals surface area contributed by atoms with Crippen LogP contribution in [0.25, 0.3) is 22.4 Å². The molecule has 6 rings (SSSR count). The number of hydrogen-bond donors (Lipinski definition) is 5. The van der Waals surface area contributed by atoms with Gasteiger partial charge in [-0.05, 0) is 90.0 Å². The topological polar surface area (TPSA) is 204 Å². The van der Waals surface area contributed by atoms with Crippen LogP contribution in [0.15, 0.2) is 72.9 Å². The maximum atomic E-state index is 14.3. The number of hydrogen-bond acceptors (Lipinski definition) is 9. The number of methoxy groups -OCH3 is 2. The van der Waals surface area contributed by atoms with Crippen LogP contribution in [0.2, 0.25) is 0 Å². The standard InChI is InChI=1S/C49H62N8O8/c1-28(2)40(54-47(62)64-8)45(60)56-24-10-12-38(56)42-50-27-37(53-42)31-16-23-35(36(26-31)43(58)51-34-21-17-32(18-22-34)49(5,6)7)30-14-19-33(20-15-30)52-44(59)39-13-11-25-57(39)46(61)41(29(3)4)55-48(63)65-9/h14-23,26-29,38-41H,10-13,24-25H2,1-9H3,(H,50,53)(H,51,58)(H,52,59)(H,54,62)(H,55,63)/t38-,39-,40-,41-/m0/s1. The van der Waals surface area contributed by atoms with Crippen LogP contribution in [-0.2, 0) is 29.3 Å². The van der Waals surface area contributed by atoms with Gasteiger partial charge in [-0.15, -0.1) is 0 Å². The summed E-state index contributed by atoms with van der Waals surface area (Å²) in [6.07, 6.45) is 2.87. The van der Waals surface area contributed by atoms with Gasteiger partial charge < -0.3 is 45.5 Å². The summed E-state index contributed by atoms with van der Waals surface area (Å²) < 4.78 is 9.51. The van der Waals surface area contributed by atoms with Crippen LogP contribution >= 0.6 is 0 Å². The lowest BCUT2D eigenvalue weighted by Crippen LogP contribution is -2.54. The van der Waals surface area contributed by atoms with Crippen LogP contribution in [0.1, 0.15) is 102 Å². The zero-order chi connectivity index (χ0) is 47.2. The molecule has 3 heterocycles. The first-order chi connectivity index (χ1) is 30.9. The zero-order valence-corrected chi connectivity index (χ0v) is 38.7. The van der Waals surface area contributed by atoms with Gasteiger partial charge in [-0.25, -0.2) is 14.6 Å². The number of nitrogens with zero attached hydrogens (tertiary/aromatic N) is 3. The van der Waals surface area contributed by atoms with E-state index in [0.717, 1.165) is 17.5 Å². The Morgan fingerprint density at radius 2 is 1.25 bits per heavy atom. The molecule has 2 aliphatic rings. The van der Waals surface area contributed by atoms with Crippen molar-refractivity contribution in [1.29, 1.82) is 0 Å². The lowest BCUT2D eigenvalue weighted by molar-refractivity contribution is -0.139. The van der Waals surface area contributed by atoms with E-state index in [1.54, 1.807) is 29.3 Å². The van der Waals surface area contributed by atoms with E-state index in [9.17, 15) is 28.8 Å². The van der Waals surface area contributed by atoms with Crippen LogP contribution in [-0.4, -0.2) is 101 Å². The highest BCUT2D eigenvalue weighted by molar-refractivity contribution is 6.09. The molecule has 346 valence electrons. The minimum absolute atomic E-state index is 0.0640. The largest absolute Gasteiger partial charge is 0.453 e. The Labute approximate surface area is 380 Å². The molecule has 0 radical (unpaired) electrons. The van der Waals surface area contributed by atoms with Crippen LogP contribution in [0.4, 0.5) is 21.0 Å². The van der Waals surface area contributed by atoms with E-state index in [4.69, 9.17) is 14.5 Å². The predicted octanol–water partition coefficient (Wildman–Crippen LogP) is 7.65. The molecule has 2 fully saturated rings. The summed E-state index contributed by atoms with van der Waals surface area (Å²) in [5.41, 5.74) is 5.32. The Balaban J connectivity index is 1.26. The van der Waals surface area contributed by atoms with E-state index in [1.807, 2.05) is 76.2 Å². The molecule has 65 heavy (non-hydrogen) atoms. The molecule has 0 unspecified atom stereocenters. The monoisotopic (exact) mass is 890 g/mol. The number of aromatic nitrogens is 2. The highest BCUT2D eigenvalue weighted by Crippen LogP contribution is 2.35. The van der Waals surface area contributed by atoms with Crippen LogP contribution in [0.5, 0.6) is 0 Å². The van der Waals surface area contributed by atoms with Crippen LogP contribution in [0, 0.1) is 11.8 Å². The number of carbonyl (C=O) groups excluding carboxylic acids is 6. The van der Waals surface area contributed by atoms with E-state index in [0.29, 0.717) is 71.9 Å². The van der Waals surface area contributed by atoms with Crippen molar-refractivity contribution in [2.75, 3.05) is 37.9 Å². The SMILES string of the molecule is COC(=O)N[C@H](C(=O)N1CCC[C@H]1C(=O)Nc1ccc(-c2ccc(-c3cnc([C@@H]4CCCN4C(=O)[C@@H](NC(=O)OC)C(C)C)[nH]3)cc2C(=O)Nc2ccc(C(C)(C)C)cc2)cc1)C(C)C. The van der Waals surface area contributed by atoms with Gasteiger partial charge in [0, 0.05) is 35.6 Å². The van der Waals surface area contributed by atoms with Gasteiger partial charge in [-0.3, -0.25) is 19.2 Å². The summed E-state index contributed by atoms with van der Waals surface area (Å²) >= 11 is 0. The fourth-order valence-corrected chi connectivity index (χ4v) is 8.39. The number of likely N-dealkylation sites (tertiary alicyclic amines) is 2. The van der Waals surface area contributed by atoms with Crippen molar-refractivity contribution in [1.82, 2.24) is 30.4 Å². The third-order valence-electron chi connectivity index (χ3n) is 12.1. The van der Waals surface area contributed by atoms with Crippen molar-refractivity contribution in [3.05, 3.63) is 89.9 Å². The van der Waals surface area contributed by atoms with E-state index in [1.165, 1.54) is 19.1 Å². The first kappa shape index (κ1) is 47.8. The Morgan fingerprint density at radius 3 is 1.83 bits per heavy atom. The molecule has 6 amide bonds. The second-order valence-corrected chi connectivity index (χ2v) is 18.4. The molecule has 4 atom stereocenters. The molecule has 2 aliphatic heterocycles. The fraction of sp³-hybridized carbons (Fsp3) is 0.449. The van der Waals surface area contributed by atoms with Crippen LogP contribution in [0.3, 0.4) is 0 Å². The number of alkyl carbamates (subject to hydrolysis) is 2. The number of imidazole rings is 1. The van der Waals surface area contributed by atoms with Crippen molar-refractivity contribution in [3.63, 3.8) is 0 Å². The summed E-state index contributed by atoms with van der Waals surface area (Å²) in [4.78, 5) is 90.8. The first-order valence-electron chi connectivity index (χ1n) is 22.2. The molecule has 0 aliphatic carbocycles. The maximum absolute atomic E-state index is 14.3. The molecule has 0 saturated carbocycles. The molecule has 2 saturated heterocycles. The second kappa shape index (κ2) is 20.4. The summed E-state index contributed by atoms with van der Waals surface area (Å²) in [6, 6.07) is 17.8. The quantitative estimate of drug-likeness (QED) is 0.0893. The number of rotatable bonds is 13. The minimum atomic E-state index is -0.847. The van der Waals surface area contributed by atoms with Gasteiger partial charge >= 0.3 is 12.2 Å². The number of nitrogens with one attached hydrogen (secondary N) is 5. The number of H-pyrrole nitrogens is 1. The van der Waals surface area contributed by atoms with E-state index < -0.39 is 30.3 Å². The van der Waals surface area contributed by atoms with Crippen molar-refractivity contribution in [2.45, 2.75) is 104 Å². The van der Waals surface area contributed by atoms with Gasteiger partial charge in [-0.2, -0.15) is 0 Å². The summed E-state index contributed by atoms with van der Waals surface area (Å²) in [5, 5.41) is 11.3. The Bertz CT molecular complexity index is 2370. The lowest BCUT2D eigenvalue weighted by atomic mass is 9.87. The summed E-state index contributed by atoms with van der Waals surface area (Å²) in [5.74, 6) is -1.03. The van der Waals surface area contributed by atoms with Crippen LogP contribution < -0.4 is 21.3 Å². The van der Waals surface area contributed by atoms with Crippen molar-refractivity contribution < 1.29 is 38.2 Å². The molecule has 1 aromatic heterocycles. The van der Waals surface area contributed by atoms with Crippen molar-refractivity contribution >= 4 is 47.2 Å². The highest BCUT2D eigenvalue weighted by Gasteiger charge is 2.40. The minimum Gasteiger partial charge on any atom is -0.453 e. The molecule has 16 heteroatoms. The molecule has 3 aromatic carbocycles. The second-order valence-electron chi connectivity index (χ2n) is 18.4. The highest BCUT2D eigenvalue weighted by atomic mass is 16.5. The number of amides is 6. The smallest absolute Gasteiger partial charge is 0.407 e. The number of carbonyl (C=O) groups is 6. The van der Waals surface area contributed by atoms with Gasteiger partial charge in [-0.1, -0.05) is 84.9 Å². The molecule has 0 spiro atoms. The van der Waals surface area contributed by atoms with Gasteiger partial charge in [0.05, 0.1) is 32.2 Å². The van der Waals surface area contributed by atoms with Crippen molar-refractivity contribution in [2.24, 2.45) is 11.8 Å². The Hall–Kier alpha value is -6.71. The number of ether oxygens (including phenoxy) is 2. The average Bonchev–Trinajstić information content (AvgIpc) is 4.09. The lowest BCUT2D eigenvalue weighted by Gasteiger charge is -2.30. The summed E-state index contributed by atoms with van der Waals surface area (Å²) in [7, 11) is 2.50. The molecule has 16 nitrogen and oxygen atoms in total. The number of benzene rings is 3. The number of aromatic amines is 1. The number of anilines is 2. The molecular weight excluding hydrogens is 829 g/mol. The normalized spacial score (nSPS) is 17.1. The maximum Gasteiger partial charge on any atom is 0.407 e. The molecular formula is C49H62N8O8. The van der Waals surface area contributed by atoms with E-state index >= 15 is 0 Å². The van der Waals surface area contributed by atoms with Crippen molar-refractivity contribution in [3.8, 4) is 22.4 Å². The molecule has 4 aromatic rings. The van der Waals surface area contributed by atoms with Gasteiger partial charge in [0.15, 0.2) is 0 Å². The first-order valence-corrected chi connectivity index (χ1v) is 22.2. The zero-order valence-electron chi connectivity index (χ0n) is 38.7. The third kappa shape index (κ3) is 11.2. The molecule has 0 bridgehead atoms. The predicted molar refractivity (Wildman–Crippen MR) is 248 cm³/mol. The Morgan fingerprint density at radius 1 is 0.708 bits per heavy atom. The summed E-state index contributed by atoms with van der Waals surface area (Å²) in [6.45, 7) is 14.7. The molecule has 5 N–H and O–H groups in total. The van der Waals surface area contributed by atoms with E-state index in [2.05, 4.69) is 47.0 Å². The third-order valence-corrected chi connectivity index (χ3v) is 12.1. The van der Waals surface area contributed by atoms with E-state index in [-0.39, 0.29) is 46.9 Å². The average molecular weight is 891 g/mol. The Kier molecular flexibility index (Phi) is 15.0. The van der Waals surface area contributed by atoms with Gasteiger partial charge in [0.2, 0.25) is 17.7 Å². The fourth-order valence-electron chi connectivity index (χ4n) is 8.39. The van der Waals surface area contributed by atoms with Gasteiger partial charge in [0.1, 0.15) is 23.9 Å².